The van der Waals surface area contributed by atoms with Crippen LogP contribution < -0.4 is 4.72 Å². The molecule has 3 nitrogen and oxygen atoms in total. The van der Waals surface area contributed by atoms with E-state index in [0.29, 0.717) is 0 Å². The minimum absolute atomic E-state index is 0.287. The van der Waals surface area contributed by atoms with Gasteiger partial charge in [-0.15, -0.1) is 6.58 Å². The largest absolute Gasteiger partial charge is 0.413 e. The Kier molecular flexibility index (Phi) is 8.61. The Bertz CT molecular complexity index is 468. The molecule has 0 amide bonds. The first kappa shape index (κ1) is 24.8. The summed E-state index contributed by atoms with van der Waals surface area (Å²) in [5.74, 6) is 0. The third kappa shape index (κ3) is 8.36. The van der Waals surface area contributed by atoms with Crippen molar-refractivity contribution >= 4 is 19.3 Å². The molecule has 8 heteroatoms. The number of halogens is 3. The molecule has 0 radical (unpaired) electrons. The average Bonchev–Trinajstić information content (AvgIpc) is 2.34. The molecule has 0 saturated heterocycles. The van der Waals surface area contributed by atoms with E-state index in [2.05, 4.69) is 11.3 Å². The van der Waals surface area contributed by atoms with Crippen LogP contribution in [0.4, 0.5) is 13.2 Å². The Morgan fingerprint density at radius 3 is 1.96 bits per heavy atom. The van der Waals surface area contributed by atoms with Crippen molar-refractivity contribution in [3.05, 3.63) is 12.7 Å². The van der Waals surface area contributed by atoms with E-state index in [9.17, 15) is 17.4 Å². The summed E-state index contributed by atoms with van der Waals surface area (Å²) in [5, 5.41) is -0.327. The van der Waals surface area contributed by atoms with E-state index in [0.717, 1.165) is 0 Å². The van der Waals surface area contributed by atoms with Gasteiger partial charge < -0.3 is 4.43 Å². The van der Waals surface area contributed by atoms with Crippen molar-refractivity contribution < 1.29 is 21.8 Å². The Hall–Kier alpha value is -0.183. The zero-order valence-corrected chi connectivity index (χ0v) is 18.5. The van der Waals surface area contributed by atoms with Gasteiger partial charge in [0.15, 0.2) is 8.32 Å². The lowest BCUT2D eigenvalue weighted by Crippen LogP contribution is -2.51. The summed E-state index contributed by atoms with van der Waals surface area (Å²) in [4.78, 5) is 0. The van der Waals surface area contributed by atoms with Gasteiger partial charge in [0.25, 0.3) is 0 Å². The molecule has 3 atom stereocenters. The average molecular weight is 402 g/mol. The summed E-state index contributed by atoms with van der Waals surface area (Å²) in [7, 11) is -4.06. The summed E-state index contributed by atoms with van der Waals surface area (Å²) in [6.07, 6.45) is -4.82. The fourth-order valence-corrected chi connectivity index (χ4v) is 3.90. The van der Waals surface area contributed by atoms with Crippen molar-refractivity contribution in [1.29, 1.82) is 0 Å². The van der Waals surface area contributed by atoms with Gasteiger partial charge in [0.2, 0.25) is 0 Å². The predicted molar refractivity (Wildman–Crippen MR) is 102 cm³/mol. The van der Waals surface area contributed by atoms with Crippen LogP contribution in [0.5, 0.6) is 0 Å². The minimum Gasteiger partial charge on any atom is -0.405 e. The smallest absolute Gasteiger partial charge is 0.405 e. The second-order valence-electron chi connectivity index (χ2n) is 8.86. The van der Waals surface area contributed by atoms with Gasteiger partial charge in [-0.2, -0.15) is 13.2 Å². The molecule has 25 heavy (non-hydrogen) atoms. The normalized spacial score (nSPS) is 17.9. The number of alkyl halides is 3. The first-order valence-corrected chi connectivity index (χ1v) is 12.5. The first-order chi connectivity index (χ1) is 10.9. The highest BCUT2D eigenvalue weighted by atomic mass is 32.2. The molecule has 0 aromatic carbocycles. The van der Waals surface area contributed by atoms with Crippen LogP contribution in [0.2, 0.25) is 18.1 Å². The molecular weight excluding hydrogens is 367 g/mol. The third-order valence-corrected chi connectivity index (χ3v) is 10.5. The molecule has 0 heterocycles. The highest BCUT2D eigenvalue weighted by molar-refractivity contribution is 7.84. The molecule has 0 rings (SSSR count). The lowest BCUT2D eigenvalue weighted by molar-refractivity contribution is -0.201. The van der Waals surface area contributed by atoms with Crippen LogP contribution in [-0.2, 0) is 15.4 Å². The molecule has 0 bridgehead atoms. The maximum atomic E-state index is 13.6. The van der Waals surface area contributed by atoms with Gasteiger partial charge >= 0.3 is 6.18 Å². The van der Waals surface area contributed by atoms with Crippen molar-refractivity contribution in [2.45, 2.75) is 95.6 Å². The number of hydrogen-bond acceptors (Lipinski definition) is 2. The molecule has 0 aromatic rings. The van der Waals surface area contributed by atoms with E-state index in [4.69, 9.17) is 4.43 Å². The maximum Gasteiger partial charge on any atom is 0.413 e. The van der Waals surface area contributed by atoms with Crippen LogP contribution in [0.25, 0.3) is 0 Å². The maximum absolute atomic E-state index is 13.6. The van der Waals surface area contributed by atoms with E-state index in [-0.39, 0.29) is 17.9 Å². The van der Waals surface area contributed by atoms with E-state index < -0.39 is 42.4 Å². The summed E-state index contributed by atoms with van der Waals surface area (Å²) < 4.78 is 60.9. The van der Waals surface area contributed by atoms with Crippen molar-refractivity contribution in [3.8, 4) is 0 Å². The summed E-state index contributed by atoms with van der Waals surface area (Å²) >= 11 is 0. The van der Waals surface area contributed by atoms with Crippen LogP contribution in [0.3, 0.4) is 0 Å². The lowest BCUT2D eigenvalue weighted by atomic mass is 10.1. The molecule has 0 aliphatic rings. The third-order valence-electron chi connectivity index (χ3n) is 4.39. The Balaban J connectivity index is 5.39. The second kappa shape index (κ2) is 8.67. The van der Waals surface area contributed by atoms with Gasteiger partial charge in [-0.25, -0.2) is 8.93 Å². The molecule has 0 fully saturated rings. The summed E-state index contributed by atoms with van der Waals surface area (Å²) in [6, 6.07) is -0.617. The van der Waals surface area contributed by atoms with Crippen molar-refractivity contribution in [1.82, 2.24) is 4.72 Å². The zero-order valence-electron chi connectivity index (χ0n) is 16.7. The van der Waals surface area contributed by atoms with Gasteiger partial charge in [0.05, 0.1) is 15.7 Å². The number of nitrogens with one attached hydrogen (secondary N) is 1. The SMILES string of the molecule is C=CC[C@H](CC(O[Si](C)(C)C(C)(C)C)C(F)(F)F)N[S@@](=O)C(C)(C)C. The standard InChI is InChI=1S/C17H34F3NO2SSi/c1-10-11-13(21-24(22)15(2,3)4)12-14(17(18,19)20)23-25(8,9)16(5,6)7/h10,13-14,21H,1,11-12H2,2-9H3/t13-,14?,24+/m1/s1. The minimum atomic E-state index is -4.47. The Labute approximate surface area is 154 Å². The quantitative estimate of drug-likeness (QED) is 0.441. The topological polar surface area (TPSA) is 38.3 Å². The van der Waals surface area contributed by atoms with Crippen molar-refractivity contribution in [2.75, 3.05) is 0 Å². The monoisotopic (exact) mass is 401 g/mol. The van der Waals surface area contributed by atoms with E-state index in [1.54, 1.807) is 33.9 Å². The van der Waals surface area contributed by atoms with Crippen LogP contribution in [0.1, 0.15) is 54.4 Å². The van der Waals surface area contributed by atoms with E-state index >= 15 is 0 Å². The Morgan fingerprint density at radius 1 is 1.16 bits per heavy atom. The molecule has 1 unspecified atom stereocenters. The van der Waals surface area contributed by atoms with Crippen LogP contribution in [0.15, 0.2) is 12.7 Å². The van der Waals surface area contributed by atoms with E-state index in [1.807, 2.05) is 20.8 Å². The van der Waals surface area contributed by atoms with Crippen LogP contribution in [0, 0.1) is 0 Å². The van der Waals surface area contributed by atoms with Crippen molar-refractivity contribution in [3.63, 3.8) is 0 Å². The molecule has 0 aliphatic heterocycles. The molecular formula is C17H34F3NO2SSi. The molecule has 1 N–H and O–H groups in total. The van der Waals surface area contributed by atoms with Crippen molar-refractivity contribution in [2.24, 2.45) is 0 Å². The zero-order chi connectivity index (χ0) is 20.3. The molecule has 0 aromatic heterocycles. The van der Waals surface area contributed by atoms with Gasteiger partial charge in [-0.1, -0.05) is 26.8 Å². The fraction of sp³-hybridized carbons (Fsp3) is 0.882. The fourth-order valence-electron chi connectivity index (χ4n) is 1.76. The van der Waals surface area contributed by atoms with Gasteiger partial charge in [0, 0.05) is 6.04 Å². The predicted octanol–water partition coefficient (Wildman–Crippen LogP) is 5.33. The van der Waals surface area contributed by atoms with Crippen LogP contribution in [-0.4, -0.2) is 35.6 Å². The van der Waals surface area contributed by atoms with Gasteiger partial charge in [0.1, 0.15) is 6.10 Å². The second-order valence-corrected chi connectivity index (χ2v) is 15.6. The number of rotatable bonds is 8. The number of hydrogen-bond donors (Lipinski definition) is 1. The molecule has 150 valence electrons. The molecule has 0 spiro atoms. The van der Waals surface area contributed by atoms with Gasteiger partial charge in [-0.05, 0) is 51.7 Å². The summed E-state index contributed by atoms with van der Waals surface area (Å²) in [6.45, 7) is 18.2. The van der Waals surface area contributed by atoms with Gasteiger partial charge in [-0.3, -0.25) is 0 Å². The first-order valence-electron chi connectivity index (χ1n) is 8.45. The van der Waals surface area contributed by atoms with Crippen LogP contribution >= 0.6 is 0 Å². The molecule has 0 aliphatic carbocycles. The Morgan fingerprint density at radius 2 is 1.64 bits per heavy atom. The lowest BCUT2D eigenvalue weighted by Gasteiger charge is -2.40. The molecule has 0 saturated carbocycles. The highest BCUT2D eigenvalue weighted by Crippen LogP contribution is 2.40. The summed E-state index contributed by atoms with van der Waals surface area (Å²) in [5.41, 5.74) is 0. The highest BCUT2D eigenvalue weighted by Gasteiger charge is 2.48. The van der Waals surface area contributed by atoms with E-state index in [1.165, 1.54) is 6.08 Å².